The van der Waals surface area contributed by atoms with Gasteiger partial charge in [0.25, 0.3) is 0 Å². The number of carbonyl (C=O) groups is 1. The molecular weight excluding hydrogens is 287 g/mol. The van der Waals surface area contributed by atoms with E-state index in [4.69, 9.17) is 0 Å². The number of thioether (sulfide) groups is 1. The van der Waals surface area contributed by atoms with Crippen molar-refractivity contribution in [2.75, 3.05) is 36.8 Å². The first-order valence-corrected chi connectivity index (χ1v) is 8.26. The van der Waals surface area contributed by atoms with Gasteiger partial charge in [-0.15, -0.1) is 11.8 Å². The molecule has 0 aromatic heterocycles. The molecule has 1 amide bonds. The Morgan fingerprint density at radius 3 is 2.24 bits per heavy atom. The van der Waals surface area contributed by atoms with E-state index in [1.807, 2.05) is 4.90 Å². The summed E-state index contributed by atoms with van der Waals surface area (Å²) in [5.41, 5.74) is 1.02. The quantitative estimate of drug-likeness (QED) is 0.857. The summed E-state index contributed by atoms with van der Waals surface area (Å²) in [4.78, 5) is 16.3. The van der Waals surface area contributed by atoms with Gasteiger partial charge in [-0.2, -0.15) is 0 Å². The lowest BCUT2D eigenvalue weighted by molar-refractivity contribution is -0.128. The Labute approximate surface area is 130 Å². The lowest BCUT2D eigenvalue weighted by Gasteiger charge is -2.36. The van der Waals surface area contributed by atoms with Gasteiger partial charge in [-0.05, 0) is 24.3 Å². The van der Waals surface area contributed by atoms with Gasteiger partial charge in [0.1, 0.15) is 5.82 Å². The standard InChI is InChI=1S/C16H23FN2OS/c1-16(2,3)21-12-15(20)19-10-8-18(9-11-19)14-6-4-13(17)5-7-14/h4-7H,8-12H2,1-3H3. The number of hydrogen-bond acceptors (Lipinski definition) is 3. The number of rotatable bonds is 3. The number of anilines is 1. The fourth-order valence-electron chi connectivity index (χ4n) is 2.24. The average molecular weight is 310 g/mol. The van der Waals surface area contributed by atoms with E-state index in [2.05, 4.69) is 25.7 Å². The molecule has 5 heteroatoms. The van der Waals surface area contributed by atoms with Gasteiger partial charge >= 0.3 is 0 Å². The highest BCUT2D eigenvalue weighted by molar-refractivity contribution is 8.01. The third kappa shape index (κ3) is 4.92. The normalized spacial score (nSPS) is 16.2. The highest BCUT2D eigenvalue weighted by Crippen LogP contribution is 2.24. The van der Waals surface area contributed by atoms with Gasteiger partial charge < -0.3 is 9.80 Å². The lowest BCUT2D eigenvalue weighted by atomic mass is 10.2. The SMILES string of the molecule is CC(C)(C)SCC(=O)N1CCN(c2ccc(F)cc2)CC1. The molecule has 1 saturated heterocycles. The summed E-state index contributed by atoms with van der Waals surface area (Å²) in [6, 6.07) is 6.55. The zero-order valence-electron chi connectivity index (χ0n) is 12.9. The molecule has 0 aliphatic carbocycles. The number of nitrogens with zero attached hydrogens (tertiary/aromatic N) is 2. The fourth-order valence-corrected chi connectivity index (χ4v) is 2.97. The topological polar surface area (TPSA) is 23.6 Å². The molecule has 0 bridgehead atoms. The van der Waals surface area contributed by atoms with Gasteiger partial charge in [0.2, 0.25) is 5.91 Å². The highest BCUT2D eigenvalue weighted by Gasteiger charge is 2.22. The molecule has 1 aliphatic heterocycles. The lowest BCUT2D eigenvalue weighted by Crippen LogP contribution is -2.49. The van der Waals surface area contributed by atoms with Crippen LogP contribution in [0.5, 0.6) is 0 Å². The van der Waals surface area contributed by atoms with E-state index < -0.39 is 0 Å². The van der Waals surface area contributed by atoms with Gasteiger partial charge in [0.05, 0.1) is 5.75 Å². The van der Waals surface area contributed by atoms with Crippen LogP contribution in [0.15, 0.2) is 24.3 Å². The van der Waals surface area contributed by atoms with E-state index >= 15 is 0 Å². The van der Waals surface area contributed by atoms with E-state index in [0.29, 0.717) is 5.75 Å². The molecule has 1 heterocycles. The molecule has 0 radical (unpaired) electrons. The van der Waals surface area contributed by atoms with Crippen molar-refractivity contribution in [2.45, 2.75) is 25.5 Å². The second kappa shape index (κ2) is 6.69. The number of carbonyl (C=O) groups excluding carboxylic acids is 1. The summed E-state index contributed by atoms with van der Waals surface area (Å²) in [6.07, 6.45) is 0. The van der Waals surface area contributed by atoms with Crippen LogP contribution in [0.25, 0.3) is 0 Å². The third-order valence-electron chi connectivity index (χ3n) is 3.45. The van der Waals surface area contributed by atoms with Gasteiger partial charge in [0.15, 0.2) is 0 Å². The molecule has 2 rings (SSSR count). The van der Waals surface area contributed by atoms with Crippen LogP contribution in [0.2, 0.25) is 0 Å². The van der Waals surface area contributed by atoms with Crippen molar-refractivity contribution in [1.82, 2.24) is 4.90 Å². The van der Waals surface area contributed by atoms with Crippen LogP contribution in [-0.4, -0.2) is 47.5 Å². The van der Waals surface area contributed by atoms with Crippen LogP contribution in [0.1, 0.15) is 20.8 Å². The summed E-state index contributed by atoms with van der Waals surface area (Å²) in [7, 11) is 0. The summed E-state index contributed by atoms with van der Waals surface area (Å²) >= 11 is 1.69. The fraction of sp³-hybridized carbons (Fsp3) is 0.562. The van der Waals surface area contributed by atoms with Crippen LogP contribution >= 0.6 is 11.8 Å². The maximum Gasteiger partial charge on any atom is 0.232 e. The molecule has 0 N–H and O–H groups in total. The van der Waals surface area contributed by atoms with Crippen LogP contribution in [0.3, 0.4) is 0 Å². The maximum atomic E-state index is 12.9. The molecule has 0 unspecified atom stereocenters. The molecule has 0 atom stereocenters. The minimum Gasteiger partial charge on any atom is -0.368 e. The average Bonchev–Trinajstić information content (AvgIpc) is 2.45. The Hall–Kier alpha value is -1.23. The van der Waals surface area contributed by atoms with Gasteiger partial charge in [-0.1, -0.05) is 20.8 Å². The van der Waals surface area contributed by atoms with E-state index in [1.54, 1.807) is 23.9 Å². The van der Waals surface area contributed by atoms with Crippen molar-refractivity contribution in [1.29, 1.82) is 0 Å². The molecule has 1 aromatic rings. The molecule has 116 valence electrons. The smallest absolute Gasteiger partial charge is 0.232 e. The van der Waals surface area contributed by atoms with Gasteiger partial charge in [-0.3, -0.25) is 4.79 Å². The Morgan fingerprint density at radius 2 is 1.71 bits per heavy atom. The molecule has 1 fully saturated rings. The van der Waals surface area contributed by atoms with Crippen LogP contribution in [0, 0.1) is 5.82 Å². The number of amides is 1. The zero-order valence-corrected chi connectivity index (χ0v) is 13.8. The number of piperazine rings is 1. The van der Waals surface area contributed by atoms with Crippen molar-refractivity contribution < 1.29 is 9.18 Å². The van der Waals surface area contributed by atoms with Gasteiger partial charge in [0, 0.05) is 36.6 Å². The Kier molecular flexibility index (Phi) is 5.14. The summed E-state index contributed by atoms with van der Waals surface area (Å²) in [6.45, 7) is 9.45. The third-order valence-corrected chi connectivity index (χ3v) is 4.71. The Morgan fingerprint density at radius 1 is 1.14 bits per heavy atom. The minimum absolute atomic E-state index is 0.117. The van der Waals surface area contributed by atoms with Crippen LogP contribution in [-0.2, 0) is 4.79 Å². The molecule has 1 aromatic carbocycles. The maximum absolute atomic E-state index is 12.9. The summed E-state index contributed by atoms with van der Waals surface area (Å²) in [5, 5.41) is 0. The van der Waals surface area contributed by atoms with Crippen molar-refractivity contribution in [2.24, 2.45) is 0 Å². The predicted molar refractivity (Wildman–Crippen MR) is 87.4 cm³/mol. The van der Waals surface area contributed by atoms with Crippen molar-refractivity contribution in [3.8, 4) is 0 Å². The van der Waals surface area contributed by atoms with Gasteiger partial charge in [-0.25, -0.2) is 4.39 Å². The second-order valence-electron chi connectivity index (χ2n) is 6.25. The number of hydrogen-bond donors (Lipinski definition) is 0. The second-order valence-corrected chi connectivity index (χ2v) is 8.05. The molecule has 3 nitrogen and oxygen atoms in total. The first-order chi connectivity index (χ1) is 9.85. The predicted octanol–water partition coefficient (Wildman–Crippen LogP) is 3.01. The molecule has 0 saturated carbocycles. The molecule has 1 aliphatic rings. The first kappa shape index (κ1) is 16.1. The van der Waals surface area contributed by atoms with Crippen LogP contribution < -0.4 is 4.90 Å². The minimum atomic E-state index is -0.216. The molecule has 0 spiro atoms. The Balaban J connectivity index is 1.82. The zero-order chi connectivity index (χ0) is 15.5. The van der Waals surface area contributed by atoms with E-state index in [0.717, 1.165) is 31.9 Å². The van der Waals surface area contributed by atoms with E-state index in [9.17, 15) is 9.18 Å². The summed E-state index contributed by atoms with van der Waals surface area (Å²) < 4.78 is 13.0. The van der Waals surface area contributed by atoms with Crippen molar-refractivity contribution in [3.63, 3.8) is 0 Å². The molecule has 21 heavy (non-hydrogen) atoms. The summed E-state index contributed by atoms with van der Waals surface area (Å²) in [5.74, 6) is 0.542. The molecular formula is C16H23FN2OS. The van der Waals surface area contributed by atoms with Crippen LogP contribution in [0.4, 0.5) is 10.1 Å². The largest absolute Gasteiger partial charge is 0.368 e. The van der Waals surface area contributed by atoms with E-state index in [-0.39, 0.29) is 16.5 Å². The van der Waals surface area contributed by atoms with Crippen molar-refractivity contribution >= 4 is 23.4 Å². The number of halogens is 1. The monoisotopic (exact) mass is 310 g/mol. The highest BCUT2D eigenvalue weighted by atomic mass is 32.2. The number of benzene rings is 1. The van der Waals surface area contributed by atoms with Crippen molar-refractivity contribution in [3.05, 3.63) is 30.1 Å². The first-order valence-electron chi connectivity index (χ1n) is 7.27. The Bertz CT molecular complexity index is 476. The van der Waals surface area contributed by atoms with E-state index in [1.165, 1.54) is 12.1 Å².